The third kappa shape index (κ3) is 2.47. The second-order valence-electron chi connectivity index (χ2n) is 3.71. The van der Waals surface area contributed by atoms with Crippen molar-refractivity contribution in [3.8, 4) is 0 Å². The highest BCUT2D eigenvalue weighted by molar-refractivity contribution is 5.82. The molecule has 1 aromatic heterocycles. The van der Waals surface area contributed by atoms with E-state index >= 15 is 0 Å². The maximum absolute atomic E-state index is 10.7. The number of hydrogen-bond acceptors (Lipinski definition) is 3. The van der Waals surface area contributed by atoms with Gasteiger partial charge < -0.3 is 0 Å². The van der Waals surface area contributed by atoms with Gasteiger partial charge in [0.15, 0.2) is 0 Å². The van der Waals surface area contributed by atoms with Crippen molar-refractivity contribution < 1.29 is 4.92 Å². The predicted molar refractivity (Wildman–Crippen MR) is 67.7 cm³/mol. The van der Waals surface area contributed by atoms with Crippen LogP contribution in [-0.4, -0.2) is 9.91 Å². The van der Waals surface area contributed by atoms with Gasteiger partial charge in [-0.3, -0.25) is 15.1 Å². The number of pyridine rings is 1. The Labute approximate surface area is 98.8 Å². The van der Waals surface area contributed by atoms with Gasteiger partial charge in [-0.2, -0.15) is 0 Å². The van der Waals surface area contributed by atoms with Crippen molar-refractivity contribution >= 4 is 22.7 Å². The summed E-state index contributed by atoms with van der Waals surface area (Å²) in [6.45, 7) is 2.05. The second kappa shape index (κ2) is 4.74. The highest BCUT2D eigenvalue weighted by Crippen LogP contribution is 2.20. The molecule has 1 aromatic carbocycles. The lowest BCUT2D eigenvalue weighted by Crippen LogP contribution is -1.88. The molecular formula is C13H12N2O2. The van der Waals surface area contributed by atoms with E-state index in [0.717, 1.165) is 22.9 Å². The first-order chi connectivity index (χ1) is 8.20. The molecule has 0 aliphatic carbocycles. The number of fused-ring (bicyclic) bond motifs is 1. The lowest BCUT2D eigenvalue weighted by molar-refractivity contribution is -0.384. The molecule has 0 saturated carbocycles. The maximum Gasteiger partial charge on any atom is 0.270 e. The van der Waals surface area contributed by atoms with Gasteiger partial charge >= 0.3 is 0 Å². The summed E-state index contributed by atoms with van der Waals surface area (Å²) in [5, 5.41) is 11.5. The summed E-state index contributed by atoms with van der Waals surface area (Å²) in [4.78, 5) is 14.5. The molecule has 0 atom stereocenters. The van der Waals surface area contributed by atoms with Gasteiger partial charge in [0.25, 0.3) is 5.69 Å². The zero-order valence-corrected chi connectivity index (χ0v) is 9.46. The first-order valence-corrected chi connectivity index (χ1v) is 5.41. The summed E-state index contributed by atoms with van der Waals surface area (Å²) >= 11 is 0. The number of allylic oxidation sites excluding steroid dienone is 1. The number of hydrogen-bond donors (Lipinski definition) is 0. The predicted octanol–water partition coefficient (Wildman–Crippen LogP) is 3.57. The Morgan fingerprint density at radius 2 is 2.24 bits per heavy atom. The fraction of sp³-hybridized carbons (Fsp3) is 0.154. The maximum atomic E-state index is 10.7. The zero-order valence-electron chi connectivity index (χ0n) is 9.46. The molecule has 0 fully saturated rings. The van der Waals surface area contributed by atoms with Crippen LogP contribution in [0.5, 0.6) is 0 Å². The number of aromatic nitrogens is 1. The van der Waals surface area contributed by atoms with Crippen molar-refractivity contribution in [1.29, 1.82) is 0 Å². The quantitative estimate of drug-likeness (QED) is 0.596. The third-order valence-electron chi connectivity index (χ3n) is 2.44. The summed E-state index contributed by atoms with van der Waals surface area (Å²) in [6, 6.07) is 6.59. The first kappa shape index (κ1) is 11.3. The van der Waals surface area contributed by atoms with Crippen molar-refractivity contribution in [2.45, 2.75) is 13.3 Å². The molecule has 0 spiro atoms. The minimum atomic E-state index is -0.395. The van der Waals surface area contributed by atoms with Crippen molar-refractivity contribution in [2.24, 2.45) is 0 Å². The lowest BCUT2D eigenvalue weighted by atomic mass is 10.1. The van der Waals surface area contributed by atoms with E-state index in [1.54, 1.807) is 18.3 Å². The number of benzene rings is 1. The fourth-order valence-electron chi connectivity index (χ4n) is 1.59. The average molecular weight is 228 g/mol. The topological polar surface area (TPSA) is 56.0 Å². The molecule has 0 amide bonds. The molecule has 2 aromatic rings. The number of nitro benzene ring substituents is 1. The van der Waals surface area contributed by atoms with Crippen LogP contribution in [0.15, 0.2) is 36.5 Å². The minimum absolute atomic E-state index is 0.0934. The van der Waals surface area contributed by atoms with Crippen LogP contribution in [0.3, 0.4) is 0 Å². The summed E-state index contributed by atoms with van der Waals surface area (Å²) in [7, 11) is 0. The van der Waals surface area contributed by atoms with Gasteiger partial charge in [-0.05, 0) is 24.1 Å². The summed E-state index contributed by atoms with van der Waals surface area (Å²) in [5.41, 5.74) is 1.82. The van der Waals surface area contributed by atoms with Crippen LogP contribution >= 0.6 is 0 Å². The van der Waals surface area contributed by atoms with Gasteiger partial charge in [0.2, 0.25) is 0 Å². The van der Waals surface area contributed by atoms with Crippen molar-refractivity contribution in [2.75, 3.05) is 0 Å². The van der Waals surface area contributed by atoms with E-state index in [4.69, 9.17) is 0 Å². The smallest absolute Gasteiger partial charge is 0.258 e. The number of nitro groups is 1. The molecule has 86 valence electrons. The standard InChI is InChI=1S/C13H12N2O2/c1-2-3-4-10-7-11-8-12(15(16)17)5-6-13(11)14-9-10/h3-9H,2H2,1H3/b4-3+. The highest BCUT2D eigenvalue weighted by Gasteiger charge is 2.06. The van der Waals surface area contributed by atoms with E-state index < -0.39 is 4.92 Å². The molecule has 0 bridgehead atoms. The van der Waals surface area contributed by atoms with E-state index in [1.807, 2.05) is 18.2 Å². The van der Waals surface area contributed by atoms with Crippen LogP contribution in [0, 0.1) is 10.1 Å². The molecular weight excluding hydrogens is 216 g/mol. The molecule has 17 heavy (non-hydrogen) atoms. The monoisotopic (exact) mass is 228 g/mol. The van der Waals surface area contributed by atoms with E-state index in [0.29, 0.717) is 0 Å². The SMILES string of the molecule is CC/C=C/c1cnc2ccc([N+](=O)[O-])cc2c1. The summed E-state index contributed by atoms with van der Waals surface area (Å²) < 4.78 is 0. The number of nitrogens with zero attached hydrogens (tertiary/aromatic N) is 2. The molecule has 1 heterocycles. The Kier molecular flexibility index (Phi) is 3.14. The van der Waals surface area contributed by atoms with E-state index in [9.17, 15) is 10.1 Å². The summed E-state index contributed by atoms with van der Waals surface area (Å²) in [5.74, 6) is 0. The Bertz CT molecular complexity index is 591. The second-order valence-corrected chi connectivity index (χ2v) is 3.71. The van der Waals surface area contributed by atoms with Gasteiger partial charge in [0, 0.05) is 23.7 Å². The molecule has 0 aliphatic rings. The summed E-state index contributed by atoms with van der Waals surface area (Å²) in [6.07, 6.45) is 6.71. The van der Waals surface area contributed by atoms with Crippen molar-refractivity contribution in [1.82, 2.24) is 4.98 Å². The van der Waals surface area contributed by atoms with E-state index in [-0.39, 0.29) is 5.69 Å². The molecule has 4 heteroatoms. The lowest BCUT2D eigenvalue weighted by Gasteiger charge is -1.99. The third-order valence-corrected chi connectivity index (χ3v) is 2.44. The van der Waals surface area contributed by atoms with Crippen LogP contribution in [0.1, 0.15) is 18.9 Å². The minimum Gasteiger partial charge on any atom is -0.258 e. The molecule has 0 unspecified atom stereocenters. The molecule has 0 radical (unpaired) electrons. The van der Waals surface area contributed by atoms with Gasteiger partial charge in [0.1, 0.15) is 0 Å². The van der Waals surface area contributed by atoms with Crippen molar-refractivity contribution in [3.63, 3.8) is 0 Å². The molecule has 0 aliphatic heterocycles. The molecule has 2 rings (SSSR count). The molecule has 4 nitrogen and oxygen atoms in total. The number of non-ortho nitro benzene ring substituents is 1. The van der Waals surface area contributed by atoms with Crippen molar-refractivity contribution in [3.05, 3.63) is 52.2 Å². The van der Waals surface area contributed by atoms with Gasteiger partial charge in [-0.15, -0.1) is 0 Å². The van der Waals surface area contributed by atoms with Gasteiger partial charge in [-0.1, -0.05) is 19.1 Å². The average Bonchev–Trinajstić information content (AvgIpc) is 2.35. The molecule has 0 N–H and O–H groups in total. The van der Waals surface area contributed by atoms with Crippen LogP contribution in [0.2, 0.25) is 0 Å². The normalized spacial score (nSPS) is 11.1. The van der Waals surface area contributed by atoms with Gasteiger partial charge in [0.05, 0.1) is 10.4 Å². The van der Waals surface area contributed by atoms with Crippen LogP contribution in [-0.2, 0) is 0 Å². The molecule has 0 saturated heterocycles. The highest BCUT2D eigenvalue weighted by atomic mass is 16.6. The van der Waals surface area contributed by atoms with E-state index in [1.165, 1.54) is 6.07 Å². The number of rotatable bonds is 3. The Balaban J connectivity index is 2.50. The first-order valence-electron chi connectivity index (χ1n) is 5.41. The Hall–Kier alpha value is -2.23. The van der Waals surface area contributed by atoms with Gasteiger partial charge in [-0.25, -0.2) is 0 Å². The van der Waals surface area contributed by atoms with E-state index in [2.05, 4.69) is 11.9 Å². The zero-order chi connectivity index (χ0) is 12.3. The fourth-order valence-corrected chi connectivity index (χ4v) is 1.59. The van der Waals surface area contributed by atoms with Crippen LogP contribution in [0.4, 0.5) is 5.69 Å². The Morgan fingerprint density at radius 1 is 1.41 bits per heavy atom. The van der Waals surface area contributed by atoms with Crippen LogP contribution in [0.25, 0.3) is 17.0 Å². The largest absolute Gasteiger partial charge is 0.270 e. The Morgan fingerprint density at radius 3 is 2.94 bits per heavy atom. The van der Waals surface area contributed by atoms with Crippen LogP contribution < -0.4 is 0 Å².